The normalized spacial score (nSPS) is 10.3. The van der Waals surface area contributed by atoms with Crippen molar-refractivity contribution in [2.24, 2.45) is 0 Å². The van der Waals surface area contributed by atoms with E-state index in [1.807, 2.05) is 0 Å². The molecule has 1 heterocycles. The number of anilines is 1. The molecule has 0 aliphatic carbocycles. The summed E-state index contributed by atoms with van der Waals surface area (Å²) in [6, 6.07) is 4.75. The zero-order valence-electron chi connectivity index (χ0n) is 12.4. The van der Waals surface area contributed by atoms with Gasteiger partial charge in [-0.25, -0.2) is 0 Å². The Morgan fingerprint density at radius 2 is 2.26 bits per heavy atom. The number of nitro groups is 1. The minimum absolute atomic E-state index is 0.0839. The van der Waals surface area contributed by atoms with E-state index in [4.69, 9.17) is 4.74 Å². The van der Waals surface area contributed by atoms with Crippen molar-refractivity contribution < 1.29 is 14.5 Å². The van der Waals surface area contributed by atoms with Gasteiger partial charge in [0.15, 0.2) is 5.75 Å². The van der Waals surface area contributed by atoms with Gasteiger partial charge in [-0.3, -0.25) is 20.2 Å². The average molecular weight is 354 g/mol. The number of aryl methyl sites for hydroxylation is 1. The van der Waals surface area contributed by atoms with E-state index in [0.29, 0.717) is 10.9 Å². The van der Waals surface area contributed by atoms with Crippen molar-refractivity contribution in [3.8, 4) is 5.75 Å². The van der Waals surface area contributed by atoms with E-state index in [-0.39, 0.29) is 23.1 Å². The van der Waals surface area contributed by atoms with Crippen LogP contribution in [0.2, 0.25) is 0 Å². The van der Waals surface area contributed by atoms with Crippen molar-refractivity contribution in [2.45, 2.75) is 12.7 Å². The maximum Gasteiger partial charge on any atom is 0.311 e. The number of amides is 1. The maximum absolute atomic E-state index is 11.8. The summed E-state index contributed by atoms with van der Waals surface area (Å²) in [6.45, 7) is 1.80. The zero-order valence-corrected chi connectivity index (χ0v) is 14.1. The molecule has 0 aliphatic heterocycles. The molecule has 1 aromatic carbocycles. The number of aromatic nitrogens is 2. The molecule has 0 saturated carbocycles. The Morgan fingerprint density at radius 1 is 1.48 bits per heavy atom. The number of hydrogen-bond acceptors (Lipinski definition) is 8. The lowest BCUT2D eigenvalue weighted by atomic mass is 10.2. The van der Waals surface area contributed by atoms with E-state index in [1.54, 1.807) is 19.1 Å². The van der Waals surface area contributed by atoms with Gasteiger partial charge in [-0.05, 0) is 18.6 Å². The predicted molar refractivity (Wildman–Crippen MR) is 89.1 cm³/mol. The molecule has 0 aliphatic rings. The number of carbonyl (C=O) groups is 1. The molecule has 0 atom stereocenters. The lowest BCUT2D eigenvalue weighted by molar-refractivity contribution is -0.385. The number of benzene rings is 1. The van der Waals surface area contributed by atoms with Crippen LogP contribution in [0.15, 0.2) is 18.2 Å². The van der Waals surface area contributed by atoms with Crippen molar-refractivity contribution in [2.75, 3.05) is 18.2 Å². The fraction of sp³-hybridized carbons (Fsp3) is 0.308. The molecule has 10 heteroatoms. The third-order valence-corrected chi connectivity index (χ3v) is 4.47. The number of rotatable bonds is 7. The van der Waals surface area contributed by atoms with Crippen LogP contribution >= 0.6 is 23.1 Å². The van der Waals surface area contributed by atoms with Gasteiger partial charge in [0.2, 0.25) is 11.0 Å². The second-order valence-corrected chi connectivity index (χ2v) is 6.60. The topological polar surface area (TPSA) is 107 Å². The molecule has 8 nitrogen and oxygen atoms in total. The molecule has 1 N–H and O–H groups in total. The zero-order chi connectivity index (χ0) is 16.8. The Hall–Kier alpha value is -2.20. The number of nitro benzene ring substituents is 1. The summed E-state index contributed by atoms with van der Waals surface area (Å²) in [5.74, 6) is 0.730. The van der Waals surface area contributed by atoms with Gasteiger partial charge in [0.25, 0.3) is 0 Å². The summed E-state index contributed by atoms with van der Waals surface area (Å²) in [5, 5.41) is 22.5. The van der Waals surface area contributed by atoms with Gasteiger partial charge in [-0.2, -0.15) is 0 Å². The van der Waals surface area contributed by atoms with Crippen LogP contribution < -0.4 is 10.1 Å². The molecule has 1 aromatic heterocycles. The fourth-order valence-electron chi connectivity index (χ4n) is 1.73. The van der Waals surface area contributed by atoms with Crippen LogP contribution in [0.3, 0.4) is 0 Å². The second kappa shape index (κ2) is 7.88. The number of nitrogens with one attached hydrogen (secondary N) is 1. The lowest BCUT2D eigenvalue weighted by Gasteiger charge is -2.05. The molecular formula is C13H14N4O4S2. The number of methoxy groups -OCH3 is 1. The minimum Gasteiger partial charge on any atom is -0.490 e. The quantitative estimate of drug-likeness (QED) is 0.601. The third kappa shape index (κ3) is 4.89. The number of thioether (sulfide) groups is 1. The van der Waals surface area contributed by atoms with Gasteiger partial charge in [-0.15, -0.1) is 22.0 Å². The number of ether oxygens (including phenoxy) is 1. The molecule has 0 spiro atoms. The van der Waals surface area contributed by atoms with E-state index >= 15 is 0 Å². The molecular weight excluding hydrogens is 340 g/mol. The van der Waals surface area contributed by atoms with E-state index < -0.39 is 4.92 Å². The highest BCUT2D eigenvalue weighted by atomic mass is 32.2. The van der Waals surface area contributed by atoms with E-state index in [1.165, 1.54) is 36.3 Å². The molecule has 1 amide bonds. The maximum atomic E-state index is 11.8. The van der Waals surface area contributed by atoms with Crippen molar-refractivity contribution in [1.29, 1.82) is 0 Å². The molecule has 0 unspecified atom stereocenters. The van der Waals surface area contributed by atoms with Gasteiger partial charge in [0, 0.05) is 11.8 Å². The molecule has 2 aromatic rings. The van der Waals surface area contributed by atoms with Crippen molar-refractivity contribution in [1.82, 2.24) is 10.2 Å². The molecule has 0 bridgehead atoms. The summed E-state index contributed by atoms with van der Waals surface area (Å²) in [5.41, 5.74) is 0.668. The van der Waals surface area contributed by atoms with E-state index in [0.717, 1.165) is 10.6 Å². The molecule has 122 valence electrons. The summed E-state index contributed by atoms with van der Waals surface area (Å²) in [7, 11) is 1.39. The summed E-state index contributed by atoms with van der Waals surface area (Å²) in [4.78, 5) is 22.2. The number of hydrogen-bond donors (Lipinski definition) is 1. The van der Waals surface area contributed by atoms with E-state index in [2.05, 4.69) is 15.5 Å². The van der Waals surface area contributed by atoms with Crippen molar-refractivity contribution in [3.05, 3.63) is 38.9 Å². The Kier molecular flexibility index (Phi) is 5.88. The number of carbonyl (C=O) groups excluding carboxylic acids is 1. The van der Waals surface area contributed by atoms with Crippen LogP contribution in [0, 0.1) is 17.0 Å². The lowest BCUT2D eigenvalue weighted by Crippen LogP contribution is -2.14. The Morgan fingerprint density at radius 3 is 2.87 bits per heavy atom. The van der Waals surface area contributed by atoms with Crippen molar-refractivity contribution >= 4 is 39.8 Å². The van der Waals surface area contributed by atoms with Crippen LogP contribution in [0.1, 0.15) is 10.6 Å². The first kappa shape index (κ1) is 17.2. The van der Waals surface area contributed by atoms with Crippen LogP contribution in [0.4, 0.5) is 10.8 Å². The Labute approximate surface area is 140 Å². The van der Waals surface area contributed by atoms with Gasteiger partial charge in [-0.1, -0.05) is 17.4 Å². The molecule has 0 saturated heterocycles. The summed E-state index contributed by atoms with van der Waals surface area (Å²) < 4.78 is 4.95. The first-order valence-corrected chi connectivity index (χ1v) is 8.45. The summed E-state index contributed by atoms with van der Waals surface area (Å²) >= 11 is 2.66. The third-order valence-electron chi connectivity index (χ3n) is 2.71. The standard InChI is InChI=1S/C13H14N4O4S2/c1-8-15-16-13(23-8)14-12(18)7-22-6-9-3-4-11(21-2)10(5-9)17(19)20/h3-5H,6-7H2,1-2H3,(H,14,16,18). The Balaban J connectivity index is 1.87. The fourth-order valence-corrected chi connectivity index (χ4v) is 3.11. The highest BCUT2D eigenvalue weighted by Crippen LogP contribution is 2.29. The first-order chi connectivity index (χ1) is 11.0. The number of nitrogens with zero attached hydrogens (tertiary/aromatic N) is 3. The van der Waals surface area contributed by atoms with Crippen molar-refractivity contribution in [3.63, 3.8) is 0 Å². The Bertz CT molecular complexity index is 720. The highest BCUT2D eigenvalue weighted by Gasteiger charge is 2.15. The predicted octanol–water partition coefficient (Wildman–Crippen LogP) is 2.64. The van der Waals surface area contributed by atoms with Gasteiger partial charge >= 0.3 is 5.69 Å². The van der Waals surface area contributed by atoms with E-state index in [9.17, 15) is 14.9 Å². The van der Waals surface area contributed by atoms with Gasteiger partial charge < -0.3 is 4.74 Å². The minimum atomic E-state index is -0.489. The molecule has 23 heavy (non-hydrogen) atoms. The summed E-state index contributed by atoms with van der Waals surface area (Å²) in [6.07, 6.45) is 0. The first-order valence-electron chi connectivity index (χ1n) is 6.48. The van der Waals surface area contributed by atoms with Gasteiger partial charge in [0.1, 0.15) is 5.01 Å². The monoisotopic (exact) mass is 354 g/mol. The second-order valence-electron chi connectivity index (χ2n) is 4.43. The van der Waals surface area contributed by atoms with Crippen LogP contribution in [0.25, 0.3) is 0 Å². The molecule has 2 rings (SSSR count). The average Bonchev–Trinajstić information content (AvgIpc) is 2.92. The molecule has 0 radical (unpaired) electrons. The van der Waals surface area contributed by atoms with Gasteiger partial charge in [0.05, 0.1) is 17.8 Å². The van der Waals surface area contributed by atoms with Crippen LogP contribution in [-0.4, -0.2) is 33.9 Å². The highest BCUT2D eigenvalue weighted by molar-refractivity contribution is 7.99. The smallest absolute Gasteiger partial charge is 0.311 e. The molecule has 0 fully saturated rings. The van der Waals surface area contributed by atoms with Crippen LogP contribution in [-0.2, 0) is 10.5 Å². The SMILES string of the molecule is COc1ccc(CSCC(=O)Nc2nnc(C)s2)cc1[N+](=O)[O-]. The van der Waals surface area contributed by atoms with Crippen LogP contribution in [0.5, 0.6) is 5.75 Å². The largest absolute Gasteiger partial charge is 0.490 e.